The molecule has 0 saturated heterocycles. The van der Waals surface area contributed by atoms with E-state index in [0.29, 0.717) is 22.9 Å². The molecule has 17 heavy (non-hydrogen) atoms. The molecule has 0 aliphatic heterocycles. The van der Waals surface area contributed by atoms with E-state index in [1.807, 2.05) is 6.92 Å². The van der Waals surface area contributed by atoms with E-state index in [9.17, 15) is 9.50 Å². The van der Waals surface area contributed by atoms with Crippen molar-refractivity contribution in [2.24, 2.45) is 11.8 Å². The van der Waals surface area contributed by atoms with Gasteiger partial charge < -0.3 is 5.11 Å². The van der Waals surface area contributed by atoms with Crippen LogP contribution >= 0.6 is 11.6 Å². The lowest BCUT2D eigenvalue weighted by Crippen LogP contribution is -2.40. The van der Waals surface area contributed by atoms with E-state index in [0.717, 1.165) is 12.8 Å². The van der Waals surface area contributed by atoms with Crippen molar-refractivity contribution in [3.63, 3.8) is 0 Å². The zero-order chi connectivity index (χ0) is 12.6. The summed E-state index contributed by atoms with van der Waals surface area (Å²) in [6, 6.07) is 4.22. The Labute approximate surface area is 107 Å². The maximum absolute atomic E-state index is 13.3. The van der Waals surface area contributed by atoms with Crippen LogP contribution in [-0.4, -0.2) is 5.11 Å². The van der Waals surface area contributed by atoms with Gasteiger partial charge in [-0.25, -0.2) is 4.39 Å². The Morgan fingerprint density at radius 1 is 1.41 bits per heavy atom. The van der Waals surface area contributed by atoms with Gasteiger partial charge in [-0.1, -0.05) is 31.9 Å². The summed E-state index contributed by atoms with van der Waals surface area (Å²) < 4.78 is 13.3. The van der Waals surface area contributed by atoms with Crippen LogP contribution in [0, 0.1) is 17.7 Å². The van der Waals surface area contributed by atoms with Crippen molar-refractivity contribution < 1.29 is 9.50 Å². The van der Waals surface area contributed by atoms with Gasteiger partial charge in [0, 0.05) is 10.6 Å². The second-order valence-corrected chi connectivity index (χ2v) is 5.61. The molecule has 3 unspecified atom stereocenters. The Kier molecular flexibility index (Phi) is 3.46. The molecule has 1 N–H and O–H groups in total. The van der Waals surface area contributed by atoms with Gasteiger partial charge in [0.1, 0.15) is 5.82 Å². The molecule has 0 aromatic heterocycles. The van der Waals surface area contributed by atoms with E-state index >= 15 is 0 Å². The van der Waals surface area contributed by atoms with E-state index in [-0.39, 0.29) is 11.7 Å². The monoisotopic (exact) mass is 256 g/mol. The highest BCUT2D eigenvalue weighted by atomic mass is 35.5. The summed E-state index contributed by atoms with van der Waals surface area (Å²) >= 11 is 6.11. The Morgan fingerprint density at radius 2 is 2.12 bits per heavy atom. The molecule has 1 aromatic carbocycles. The fourth-order valence-corrected chi connectivity index (χ4v) is 3.13. The number of halogens is 2. The van der Waals surface area contributed by atoms with E-state index in [2.05, 4.69) is 6.92 Å². The number of rotatable bonds is 1. The Bertz CT molecular complexity index is 421. The third kappa shape index (κ3) is 2.21. The normalized spacial score (nSPS) is 33.7. The second-order valence-electron chi connectivity index (χ2n) is 5.21. The number of hydrogen-bond donors (Lipinski definition) is 1. The lowest BCUT2D eigenvalue weighted by Gasteiger charge is -2.42. The zero-order valence-corrected chi connectivity index (χ0v) is 11.0. The summed E-state index contributed by atoms with van der Waals surface area (Å²) in [6.07, 6.45) is 2.72. The van der Waals surface area contributed by atoms with E-state index in [1.165, 1.54) is 18.2 Å². The highest BCUT2D eigenvalue weighted by Crippen LogP contribution is 2.46. The lowest BCUT2D eigenvalue weighted by molar-refractivity contribution is -0.0689. The van der Waals surface area contributed by atoms with Crippen LogP contribution in [-0.2, 0) is 5.60 Å². The van der Waals surface area contributed by atoms with Crippen LogP contribution in [0.15, 0.2) is 18.2 Å². The summed E-state index contributed by atoms with van der Waals surface area (Å²) in [5.74, 6) is 0.173. The third-order valence-corrected chi connectivity index (χ3v) is 4.55. The molecule has 1 aliphatic carbocycles. The molecule has 0 spiro atoms. The fourth-order valence-electron chi connectivity index (χ4n) is 2.85. The molecule has 1 aromatic rings. The van der Waals surface area contributed by atoms with Gasteiger partial charge in [0.2, 0.25) is 0 Å². The van der Waals surface area contributed by atoms with Gasteiger partial charge in [-0.05, 0) is 42.9 Å². The molecule has 1 fully saturated rings. The van der Waals surface area contributed by atoms with Crippen LogP contribution in [0.4, 0.5) is 4.39 Å². The molecule has 0 amide bonds. The molecule has 2 rings (SSSR count). The SMILES string of the molecule is CC1CCCC(O)(c2cc(F)ccc2Cl)C1C. The zero-order valence-electron chi connectivity index (χ0n) is 10.2. The highest BCUT2D eigenvalue weighted by molar-refractivity contribution is 6.31. The van der Waals surface area contributed by atoms with E-state index in [1.54, 1.807) is 0 Å². The van der Waals surface area contributed by atoms with Crippen molar-refractivity contribution >= 4 is 11.6 Å². The number of aliphatic hydroxyl groups is 1. The summed E-state index contributed by atoms with van der Waals surface area (Å²) in [4.78, 5) is 0. The topological polar surface area (TPSA) is 20.2 Å². The molecule has 1 nitrogen and oxygen atoms in total. The molecular weight excluding hydrogens is 239 g/mol. The van der Waals surface area contributed by atoms with Gasteiger partial charge in [0.15, 0.2) is 0 Å². The lowest BCUT2D eigenvalue weighted by atomic mass is 9.67. The molecule has 0 heterocycles. The molecule has 94 valence electrons. The highest BCUT2D eigenvalue weighted by Gasteiger charge is 2.42. The van der Waals surface area contributed by atoms with Crippen LogP contribution in [0.5, 0.6) is 0 Å². The van der Waals surface area contributed by atoms with Crippen LogP contribution < -0.4 is 0 Å². The predicted molar refractivity (Wildman–Crippen MR) is 67.5 cm³/mol. The minimum Gasteiger partial charge on any atom is -0.385 e. The molecule has 0 bridgehead atoms. The third-order valence-electron chi connectivity index (χ3n) is 4.22. The van der Waals surface area contributed by atoms with Gasteiger partial charge in [0.05, 0.1) is 5.60 Å². The van der Waals surface area contributed by atoms with Gasteiger partial charge in [-0.2, -0.15) is 0 Å². The van der Waals surface area contributed by atoms with Gasteiger partial charge in [-0.15, -0.1) is 0 Å². The maximum Gasteiger partial charge on any atom is 0.123 e. The van der Waals surface area contributed by atoms with Gasteiger partial charge in [0.25, 0.3) is 0 Å². The quantitative estimate of drug-likeness (QED) is 0.801. The van der Waals surface area contributed by atoms with Crippen molar-refractivity contribution in [3.8, 4) is 0 Å². The maximum atomic E-state index is 13.3. The minimum atomic E-state index is -0.989. The largest absolute Gasteiger partial charge is 0.385 e. The molecule has 3 heteroatoms. The second kappa shape index (κ2) is 4.58. The van der Waals surface area contributed by atoms with Crippen molar-refractivity contribution in [1.29, 1.82) is 0 Å². The minimum absolute atomic E-state index is 0.0931. The molecule has 0 radical (unpaired) electrons. The number of hydrogen-bond acceptors (Lipinski definition) is 1. The first kappa shape index (κ1) is 12.8. The van der Waals surface area contributed by atoms with Crippen molar-refractivity contribution in [2.75, 3.05) is 0 Å². The van der Waals surface area contributed by atoms with Crippen molar-refractivity contribution in [2.45, 2.75) is 38.7 Å². The van der Waals surface area contributed by atoms with Crippen LogP contribution in [0.2, 0.25) is 5.02 Å². The van der Waals surface area contributed by atoms with Crippen LogP contribution in [0.1, 0.15) is 38.7 Å². The molecule has 1 aliphatic rings. The van der Waals surface area contributed by atoms with Gasteiger partial charge in [-0.3, -0.25) is 0 Å². The number of benzene rings is 1. The van der Waals surface area contributed by atoms with Gasteiger partial charge >= 0.3 is 0 Å². The fraction of sp³-hybridized carbons (Fsp3) is 0.571. The Morgan fingerprint density at radius 3 is 2.82 bits per heavy atom. The molecule has 1 saturated carbocycles. The van der Waals surface area contributed by atoms with Crippen LogP contribution in [0.25, 0.3) is 0 Å². The average molecular weight is 257 g/mol. The van der Waals surface area contributed by atoms with Crippen molar-refractivity contribution in [1.82, 2.24) is 0 Å². The summed E-state index contributed by atoms with van der Waals surface area (Å²) in [5.41, 5.74) is -0.449. The standard InChI is InChI=1S/C14H18ClFO/c1-9-4-3-7-14(17,10(9)2)12-8-11(16)5-6-13(12)15/h5-6,8-10,17H,3-4,7H2,1-2H3. The van der Waals surface area contributed by atoms with Crippen LogP contribution in [0.3, 0.4) is 0 Å². The summed E-state index contributed by atoms with van der Waals surface area (Å²) in [5, 5.41) is 11.3. The first-order chi connectivity index (χ1) is 7.95. The van der Waals surface area contributed by atoms with Crippen molar-refractivity contribution in [3.05, 3.63) is 34.6 Å². The molecular formula is C14H18ClFO. The Hall–Kier alpha value is -0.600. The average Bonchev–Trinajstić information content (AvgIpc) is 2.29. The summed E-state index contributed by atoms with van der Waals surface area (Å²) in [7, 11) is 0. The smallest absolute Gasteiger partial charge is 0.123 e. The first-order valence-electron chi connectivity index (χ1n) is 6.13. The van der Waals surface area contributed by atoms with E-state index in [4.69, 9.17) is 11.6 Å². The predicted octanol–water partition coefficient (Wildman–Crippen LogP) is 4.12. The van der Waals surface area contributed by atoms with E-state index < -0.39 is 5.60 Å². The Balaban J connectivity index is 2.46. The first-order valence-corrected chi connectivity index (χ1v) is 6.51. The summed E-state index contributed by atoms with van der Waals surface area (Å²) in [6.45, 7) is 4.15. The molecule has 3 atom stereocenters.